The first-order valence-corrected chi connectivity index (χ1v) is 9.25. The molecule has 0 atom stereocenters. The Morgan fingerprint density at radius 2 is 1.89 bits per heavy atom. The third-order valence-corrected chi connectivity index (χ3v) is 4.51. The molecular formula is C21H21ClN4O2. The minimum Gasteiger partial charge on any atom is -0.497 e. The molecule has 1 heterocycles. The number of nitrogens with zero attached hydrogens (tertiary/aromatic N) is 2. The standard InChI is InChI=1S/C21H21ClN4O2/c1-28-17-8-6-15(7-9-17)10-12-23-21-24-13-11-19(26-21)20(27)25-14-16-4-2-3-5-18(16)22/h2-9,11,13H,10,12,14H2,1H3,(H,25,27)(H,23,24,26). The van der Waals surface area contributed by atoms with Crippen molar-refractivity contribution in [3.8, 4) is 5.75 Å². The molecule has 3 aromatic rings. The SMILES string of the molecule is COc1ccc(CCNc2nccc(C(=O)NCc3ccccc3Cl)n2)cc1. The fourth-order valence-electron chi connectivity index (χ4n) is 2.59. The highest BCUT2D eigenvalue weighted by Gasteiger charge is 2.09. The van der Waals surface area contributed by atoms with E-state index in [9.17, 15) is 4.79 Å². The fraction of sp³-hybridized carbons (Fsp3) is 0.190. The summed E-state index contributed by atoms with van der Waals surface area (Å²) in [6, 6.07) is 16.8. The van der Waals surface area contributed by atoms with Crippen LogP contribution in [-0.4, -0.2) is 29.5 Å². The van der Waals surface area contributed by atoms with Gasteiger partial charge in [0.1, 0.15) is 11.4 Å². The van der Waals surface area contributed by atoms with Crippen molar-refractivity contribution in [2.45, 2.75) is 13.0 Å². The lowest BCUT2D eigenvalue weighted by molar-refractivity contribution is 0.0946. The number of anilines is 1. The number of hydrogen-bond acceptors (Lipinski definition) is 5. The van der Waals surface area contributed by atoms with Crippen LogP contribution in [0.25, 0.3) is 0 Å². The van der Waals surface area contributed by atoms with Gasteiger partial charge in [-0.05, 0) is 41.8 Å². The predicted octanol–water partition coefficient (Wildman–Crippen LogP) is 3.72. The van der Waals surface area contributed by atoms with Gasteiger partial charge in [-0.2, -0.15) is 0 Å². The summed E-state index contributed by atoms with van der Waals surface area (Å²) in [6.45, 7) is 0.986. The average Bonchev–Trinajstić information content (AvgIpc) is 2.74. The smallest absolute Gasteiger partial charge is 0.270 e. The Kier molecular flexibility index (Phi) is 6.81. The molecule has 0 aliphatic heterocycles. The van der Waals surface area contributed by atoms with E-state index < -0.39 is 0 Å². The first kappa shape index (κ1) is 19.6. The van der Waals surface area contributed by atoms with Crippen LogP contribution in [0.15, 0.2) is 60.8 Å². The number of nitrogens with one attached hydrogen (secondary N) is 2. The number of benzene rings is 2. The Balaban J connectivity index is 1.52. The van der Waals surface area contributed by atoms with Gasteiger partial charge in [-0.25, -0.2) is 9.97 Å². The number of carbonyl (C=O) groups excluding carboxylic acids is 1. The van der Waals surface area contributed by atoms with Crippen LogP contribution in [0.4, 0.5) is 5.95 Å². The summed E-state index contributed by atoms with van der Waals surface area (Å²) in [5.74, 6) is 0.968. The number of ether oxygens (including phenoxy) is 1. The Bertz CT molecular complexity index is 932. The van der Waals surface area contributed by atoms with Gasteiger partial charge in [0.15, 0.2) is 0 Å². The van der Waals surface area contributed by atoms with E-state index in [0.29, 0.717) is 29.8 Å². The summed E-state index contributed by atoms with van der Waals surface area (Å²) < 4.78 is 5.15. The van der Waals surface area contributed by atoms with Crippen molar-refractivity contribution in [3.05, 3.63) is 82.6 Å². The number of rotatable bonds is 8. The average molecular weight is 397 g/mol. The molecule has 6 nitrogen and oxygen atoms in total. The van der Waals surface area contributed by atoms with Crippen molar-refractivity contribution >= 4 is 23.5 Å². The molecule has 2 aromatic carbocycles. The van der Waals surface area contributed by atoms with Crippen LogP contribution in [0.1, 0.15) is 21.6 Å². The van der Waals surface area contributed by atoms with Crippen molar-refractivity contribution in [3.63, 3.8) is 0 Å². The van der Waals surface area contributed by atoms with E-state index in [1.807, 2.05) is 42.5 Å². The second-order valence-electron chi connectivity index (χ2n) is 6.06. The van der Waals surface area contributed by atoms with Gasteiger partial charge in [-0.3, -0.25) is 4.79 Å². The van der Waals surface area contributed by atoms with Crippen LogP contribution < -0.4 is 15.4 Å². The number of amides is 1. The summed E-state index contributed by atoms with van der Waals surface area (Å²) in [4.78, 5) is 20.8. The maximum atomic E-state index is 12.4. The molecular weight excluding hydrogens is 376 g/mol. The molecule has 0 saturated carbocycles. The second kappa shape index (κ2) is 9.71. The molecule has 7 heteroatoms. The van der Waals surface area contributed by atoms with Gasteiger partial charge in [-0.15, -0.1) is 0 Å². The summed E-state index contributed by atoms with van der Waals surface area (Å²) in [5.41, 5.74) is 2.32. The van der Waals surface area contributed by atoms with Crippen LogP contribution in [0.5, 0.6) is 5.75 Å². The summed E-state index contributed by atoms with van der Waals surface area (Å²) in [5, 5.41) is 6.59. The Morgan fingerprint density at radius 1 is 1.11 bits per heavy atom. The zero-order valence-corrected chi connectivity index (χ0v) is 16.2. The molecule has 3 rings (SSSR count). The topological polar surface area (TPSA) is 76.1 Å². The number of carbonyl (C=O) groups is 1. The molecule has 0 aliphatic rings. The molecule has 0 saturated heterocycles. The van der Waals surface area contributed by atoms with Crippen molar-refractivity contribution < 1.29 is 9.53 Å². The van der Waals surface area contributed by atoms with Crippen LogP contribution in [0, 0.1) is 0 Å². The van der Waals surface area contributed by atoms with Crippen molar-refractivity contribution in [2.75, 3.05) is 19.0 Å². The van der Waals surface area contributed by atoms with E-state index in [4.69, 9.17) is 16.3 Å². The van der Waals surface area contributed by atoms with Crippen molar-refractivity contribution in [1.82, 2.24) is 15.3 Å². The second-order valence-corrected chi connectivity index (χ2v) is 6.47. The normalized spacial score (nSPS) is 10.4. The van der Waals surface area contributed by atoms with Crippen LogP contribution >= 0.6 is 11.6 Å². The van der Waals surface area contributed by atoms with E-state index in [1.165, 1.54) is 5.56 Å². The highest BCUT2D eigenvalue weighted by molar-refractivity contribution is 6.31. The van der Waals surface area contributed by atoms with Crippen molar-refractivity contribution in [2.24, 2.45) is 0 Å². The molecule has 0 radical (unpaired) electrons. The summed E-state index contributed by atoms with van der Waals surface area (Å²) in [6.07, 6.45) is 2.36. The zero-order chi connectivity index (χ0) is 19.8. The van der Waals surface area contributed by atoms with Gasteiger partial charge >= 0.3 is 0 Å². The van der Waals surface area contributed by atoms with Gasteiger partial charge in [0.25, 0.3) is 5.91 Å². The number of aromatic nitrogens is 2. The van der Waals surface area contributed by atoms with Gasteiger partial charge in [0.2, 0.25) is 5.95 Å². The van der Waals surface area contributed by atoms with E-state index in [1.54, 1.807) is 25.4 Å². The minimum atomic E-state index is -0.277. The largest absolute Gasteiger partial charge is 0.497 e. The monoisotopic (exact) mass is 396 g/mol. The number of halogens is 1. The van der Waals surface area contributed by atoms with Gasteiger partial charge in [0.05, 0.1) is 7.11 Å². The zero-order valence-electron chi connectivity index (χ0n) is 15.5. The van der Waals surface area contributed by atoms with Crippen LogP contribution in [0.3, 0.4) is 0 Å². The summed E-state index contributed by atoms with van der Waals surface area (Å²) in [7, 11) is 1.64. The molecule has 1 aromatic heterocycles. The quantitative estimate of drug-likeness (QED) is 0.606. The molecule has 144 valence electrons. The number of hydrogen-bond donors (Lipinski definition) is 2. The lowest BCUT2D eigenvalue weighted by Gasteiger charge is -2.08. The summed E-state index contributed by atoms with van der Waals surface area (Å²) >= 11 is 6.11. The number of methoxy groups -OCH3 is 1. The van der Waals surface area contributed by atoms with Gasteiger partial charge < -0.3 is 15.4 Å². The maximum absolute atomic E-state index is 12.4. The third-order valence-electron chi connectivity index (χ3n) is 4.14. The molecule has 28 heavy (non-hydrogen) atoms. The maximum Gasteiger partial charge on any atom is 0.270 e. The minimum absolute atomic E-state index is 0.277. The van der Waals surface area contributed by atoms with Crippen molar-refractivity contribution in [1.29, 1.82) is 0 Å². The molecule has 0 fully saturated rings. The first-order valence-electron chi connectivity index (χ1n) is 8.87. The Morgan fingerprint density at radius 3 is 2.64 bits per heavy atom. The van der Waals surface area contributed by atoms with E-state index in [0.717, 1.165) is 17.7 Å². The lowest BCUT2D eigenvalue weighted by atomic mass is 10.1. The van der Waals surface area contributed by atoms with E-state index in [2.05, 4.69) is 20.6 Å². The predicted molar refractivity (Wildman–Crippen MR) is 110 cm³/mol. The highest BCUT2D eigenvalue weighted by atomic mass is 35.5. The molecule has 0 unspecified atom stereocenters. The lowest BCUT2D eigenvalue weighted by Crippen LogP contribution is -2.24. The molecule has 0 aliphatic carbocycles. The Labute approximate surface area is 168 Å². The first-order chi connectivity index (χ1) is 13.7. The Hall–Kier alpha value is -3.12. The third kappa shape index (κ3) is 5.44. The molecule has 1 amide bonds. The van der Waals surface area contributed by atoms with Gasteiger partial charge in [-0.1, -0.05) is 41.9 Å². The van der Waals surface area contributed by atoms with E-state index >= 15 is 0 Å². The van der Waals surface area contributed by atoms with E-state index in [-0.39, 0.29) is 5.91 Å². The molecule has 0 bridgehead atoms. The van der Waals surface area contributed by atoms with Gasteiger partial charge in [0, 0.05) is 24.3 Å². The molecule has 0 spiro atoms. The fourth-order valence-corrected chi connectivity index (χ4v) is 2.79. The highest BCUT2D eigenvalue weighted by Crippen LogP contribution is 2.14. The molecule has 2 N–H and O–H groups in total. The van der Waals surface area contributed by atoms with Crippen LogP contribution in [0.2, 0.25) is 5.02 Å². The van der Waals surface area contributed by atoms with Crippen LogP contribution in [-0.2, 0) is 13.0 Å².